The maximum absolute atomic E-state index is 12.3. The van der Waals surface area contributed by atoms with E-state index in [1.807, 2.05) is 6.07 Å². The molecule has 0 amide bonds. The first kappa shape index (κ1) is 16.1. The van der Waals surface area contributed by atoms with Gasteiger partial charge in [0.25, 0.3) is 10.0 Å². The summed E-state index contributed by atoms with van der Waals surface area (Å²) in [7, 11) is -3.82. The Morgan fingerprint density at radius 2 is 2.20 bits per heavy atom. The minimum atomic E-state index is -3.82. The van der Waals surface area contributed by atoms with Crippen LogP contribution in [-0.2, 0) is 10.0 Å². The second-order valence-electron chi connectivity index (χ2n) is 4.18. The summed E-state index contributed by atoms with van der Waals surface area (Å²) in [5, 5.41) is 17.3. The van der Waals surface area contributed by atoms with Crippen molar-refractivity contribution in [3.63, 3.8) is 0 Å². The lowest BCUT2D eigenvalue weighted by atomic mass is 10.2. The van der Waals surface area contributed by atoms with Gasteiger partial charge in [-0.1, -0.05) is 6.92 Å². The monoisotopic (exact) mass is 297 g/mol. The fourth-order valence-corrected chi connectivity index (χ4v) is 2.99. The van der Waals surface area contributed by atoms with E-state index < -0.39 is 21.9 Å². The molecule has 1 aromatic heterocycles. The molecule has 0 bridgehead atoms. The van der Waals surface area contributed by atoms with E-state index in [1.54, 1.807) is 13.8 Å². The van der Waals surface area contributed by atoms with Crippen molar-refractivity contribution < 1.29 is 18.3 Å². The van der Waals surface area contributed by atoms with Crippen LogP contribution >= 0.6 is 0 Å². The van der Waals surface area contributed by atoms with Crippen LogP contribution < -0.4 is 0 Å². The van der Waals surface area contributed by atoms with E-state index in [0.29, 0.717) is 0 Å². The molecule has 20 heavy (non-hydrogen) atoms. The predicted octanol–water partition coefficient (Wildman–Crippen LogP) is 0.950. The molecule has 1 N–H and O–H groups in total. The normalized spacial score (nSPS) is 12.9. The van der Waals surface area contributed by atoms with Gasteiger partial charge in [0.15, 0.2) is 5.03 Å². The summed E-state index contributed by atoms with van der Waals surface area (Å²) in [6.07, 6.45) is 0.997. The summed E-state index contributed by atoms with van der Waals surface area (Å²) in [5.41, 5.74) is -0.0857. The smallest absolute Gasteiger partial charge is 0.337 e. The van der Waals surface area contributed by atoms with Gasteiger partial charge in [0.1, 0.15) is 0 Å². The molecule has 0 aliphatic rings. The number of rotatable bonds is 6. The molecule has 0 saturated carbocycles. The van der Waals surface area contributed by atoms with E-state index in [2.05, 4.69) is 4.98 Å². The van der Waals surface area contributed by atoms with Gasteiger partial charge < -0.3 is 5.11 Å². The van der Waals surface area contributed by atoms with Crippen LogP contribution in [0.4, 0.5) is 0 Å². The molecule has 1 heterocycles. The Bertz CT molecular complexity index is 619. The first-order valence-electron chi connectivity index (χ1n) is 5.92. The van der Waals surface area contributed by atoms with Gasteiger partial charge in [0.05, 0.1) is 17.6 Å². The van der Waals surface area contributed by atoms with Gasteiger partial charge in [-0.25, -0.2) is 18.2 Å². The SMILES string of the molecule is CCN(CC(C)C#N)S(=O)(=O)c1ccc(C(=O)O)cn1. The quantitative estimate of drug-likeness (QED) is 0.836. The third-order valence-corrected chi connectivity index (χ3v) is 4.50. The Morgan fingerprint density at radius 3 is 2.60 bits per heavy atom. The molecule has 1 rings (SSSR count). The van der Waals surface area contributed by atoms with Gasteiger partial charge in [-0.05, 0) is 19.1 Å². The van der Waals surface area contributed by atoms with E-state index in [-0.39, 0.29) is 23.7 Å². The van der Waals surface area contributed by atoms with Crippen LogP contribution in [0.2, 0.25) is 0 Å². The van der Waals surface area contributed by atoms with Crippen molar-refractivity contribution >= 4 is 16.0 Å². The minimum Gasteiger partial charge on any atom is -0.478 e. The fraction of sp³-hybridized carbons (Fsp3) is 0.417. The molecule has 1 aromatic rings. The molecule has 0 aliphatic heterocycles. The highest BCUT2D eigenvalue weighted by Gasteiger charge is 2.26. The van der Waals surface area contributed by atoms with Crippen LogP contribution in [-0.4, -0.2) is 41.9 Å². The maximum Gasteiger partial charge on any atom is 0.337 e. The number of aromatic carboxylic acids is 1. The number of sulfonamides is 1. The van der Waals surface area contributed by atoms with Gasteiger partial charge in [-0.3, -0.25) is 0 Å². The summed E-state index contributed by atoms with van der Waals surface area (Å²) in [4.78, 5) is 14.4. The molecule has 108 valence electrons. The lowest BCUT2D eigenvalue weighted by Crippen LogP contribution is -2.34. The minimum absolute atomic E-state index is 0.0672. The number of pyridine rings is 1. The molecular weight excluding hydrogens is 282 g/mol. The topological polar surface area (TPSA) is 111 Å². The number of hydrogen-bond acceptors (Lipinski definition) is 5. The zero-order valence-electron chi connectivity index (χ0n) is 11.1. The molecule has 1 atom stereocenters. The molecule has 0 aromatic carbocycles. The Labute approximate surface area is 117 Å². The molecule has 0 saturated heterocycles. The lowest BCUT2D eigenvalue weighted by Gasteiger charge is -2.20. The van der Waals surface area contributed by atoms with Crippen LogP contribution in [0.25, 0.3) is 0 Å². The van der Waals surface area contributed by atoms with Crippen molar-refractivity contribution in [3.05, 3.63) is 23.9 Å². The highest BCUT2D eigenvalue weighted by Crippen LogP contribution is 2.15. The van der Waals surface area contributed by atoms with Crippen LogP contribution in [0.3, 0.4) is 0 Å². The van der Waals surface area contributed by atoms with Crippen molar-refractivity contribution in [3.8, 4) is 6.07 Å². The number of carboxylic acids is 1. The van der Waals surface area contributed by atoms with Crippen LogP contribution in [0.5, 0.6) is 0 Å². The van der Waals surface area contributed by atoms with Gasteiger partial charge in [0, 0.05) is 19.3 Å². The summed E-state index contributed by atoms with van der Waals surface area (Å²) in [6.45, 7) is 3.56. The molecule has 0 aliphatic carbocycles. The average Bonchev–Trinajstić information content (AvgIpc) is 2.44. The largest absolute Gasteiger partial charge is 0.478 e. The van der Waals surface area contributed by atoms with Crippen molar-refractivity contribution in [1.29, 1.82) is 5.26 Å². The van der Waals surface area contributed by atoms with Crippen LogP contribution in [0.15, 0.2) is 23.4 Å². The molecule has 8 heteroatoms. The Kier molecular flexibility index (Phi) is 5.19. The van der Waals surface area contributed by atoms with Crippen LogP contribution in [0, 0.1) is 17.2 Å². The summed E-state index contributed by atoms with van der Waals surface area (Å²) >= 11 is 0. The predicted molar refractivity (Wildman–Crippen MR) is 70.4 cm³/mol. The molecular formula is C12H15N3O4S. The number of nitrogens with zero attached hydrogens (tertiary/aromatic N) is 3. The first-order valence-corrected chi connectivity index (χ1v) is 7.36. The zero-order valence-corrected chi connectivity index (χ0v) is 12.0. The number of carbonyl (C=O) groups is 1. The van der Waals surface area contributed by atoms with Crippen molar-refractivity contribution in [2.75, 3.05) is 13.1 Å². The number of carboxylic acid groups (broad SMARTS) is 1. The molecule has 1 unspecified atom stereocenters. The van der Waals surface area contributed by atoms with Gasteiger partial charge in [0.2, 0.25) is 0 Å². The number of nitriles is 1. The third kappa shape index (κ3) is 3.53. The summed E-state index contributed by atoms with van der Waals surface area (Å²) < 4.78 is 25.7. The lowest BCUT2D eigenvalue weighted by molar-refractivity contribution is 0.0696. The average molecular weight is 297 g/mol. The highest BCUT2D eigenvalue weighted by atomic mass is 32.2. The maximum atomic E-state index is 12.3. The van der Waals surface area contributed by atoms with Gasteiger partial charge >= 0.3 is 5.97 Å². The van der Waals surface area contributed by atoms with Gasteiger partial charge in [-0.15, -0.1) is 0 Å². The van der Waals surface area contributed by atoms with Crippen molar-refractivity contribution in [1.82, 2.24) is 9.29 Å². The zero-order chi connectivity index (χ0) is 15.3. The summed E-state index contributed by atoms with van der Waals surface area (Å²) in [5.74, 6) is -1.62. The Morgan fingerprint density at radius 1 is 1.55 bits per heavy atom. The van der Waals surface area contributed by atoms with Crippen LogP contribution in [0.1, 0.15) is 24.2 Å². The van der Waals surface area contributed by atoms with Crippen molar-refractivity contribution in [2.24, 2.45) is 5.92 Å². The molecule has 0 radical (unpaired) electrons. The Hall–Kier alpha value is -1.98. The fourth-order valence-electron chi connectivity index (χ4n) is 1.54. The third-order valence-electron chi connectivity index (χ3n) is 2.64. The second-order valence-corrected chi connectivity index (χ2v) is 6.06. The standard InChI is InChI=1S/C12H15N3O4S/c1-3-15(8-9(2)6-13)20(18,19)11-5-4-10(7-14-11)12(16)17/h4-5,7,9H,3,8H2,1-2H3,(H,16,17). The van der Waals surface area contributed by atoms with E-state index in [0.717, 1.165) is 16.6 Å². The second kappa shape index (κ2) is 6.45. The van der Waals surface area contributed by atoms with E-state index in [1.165, 1.54) is 6.07 Å². The number of aromatic nitrogens is 1. The molecule has 7 nitrogen and oxygen atoms in total. The Balaban J connectivity index is 3.08. The number of hydrogen-bond donors (Lipinski definition) is 1. The molecule has 0 spiro atoms. The molecule has 0 fully saturated rings. The van der Waals surface area contributed by atoms with E-state index >= 15 is 0 Å². The highest BCUT2D eigenvalue weighted by molar-refractivity contribution is 7.89. The van der Waals surface area contributed by atoms with E-state index in [4.69, 9.17) is 10.4 Å². The van der Waals surface area contributed by atoms with Gasteiger partial charge in [-0.2, -0.15) is 9.57 Å². The van der Waals surface area contributed by atoms with E-state index in [9.17, 15) is 13.2 Å². The summed E-state index contributed by atoms with van der Waals surface area (Å²) in [6, 6.07) is 4.31. The van der Waals surface area contributed by atoms with Crippen molar-refractivity contribution in [2.45, 2.75) is 18.9 Å². The first-order chi connectivity index (χ1) is 9.32.